The molecule has 2 rings (SSSR count). The van der Waals surface area contributed by atoms with Gasteiger partial charge in [-0.3, -0.25) is 4.79 Å². The largest absolute Gasteiger partial charge is 0.480 e. The van der Waals surface area contributed by atoms with Crippen molar-refractivity contribution in [3.05, 3.63) is 30.1 Å². The Morgan fingerprint density at radius 1 is 1.56 bits per heavy atom. The van der Waals surface area contributed by atoms with Crippen LogP contribution in [0.25, 0.3) is 11.0 Å². The van der Waals surface area contributed by atoms with E-state index >= 15 is 0 Å². The molecule has 2 unspecified atom stereocenters. The molecule has 6 nitrogen and oxygen atoms in total. The minimum absolute atomic E-state index is 0.443. The van der Waals surface area contributed by atoms with E-state index in [0.717, 1.165) is 0 Å². The lowest BCUT2D eigenvalue weighted by Gasteiger charge is -2.13. The number of H-pyrrole nitrogens is 1. The van der Waals surface area contributed by atoms with Gasteiger partial charge in [-0.05, 0) is 12.1 Å². The standard InChI is InChI=1S/C10H11N3O3/c11-7(10(15)16)8(14)6-4-13-9-5(6)2-1-3-12-9/h1-4,7-8,14H,11H2,(H,12,13)(H,15,16). The number of rotatable bonds is 3. The number of nitrogens with two attached hydrogens (primary N) is 1. The number of pyridine rings is 1. The Morgan fingerprint density at radius 3 is 3.00 bits per heavy atom. The second kappa shape index (κ2) is 3.92. The monoisotopic (exact) mass is 221 g/mol. The summed E-state index contributed by atoms with van der Waals surface area (Å²) < 4.78 is 0. The number of aliphatic carboxylic acids is 1. The van der Waals surface area contributed by atoms with Crippen LogP contribution in [0.5, 0.6) is 0 Å². The molecule has 0 spiro atoms. The second-order valence-corrected chi connectivity index (χ2v) is 3.45. The molecule has 0 aromatic carbocycles. The van der Waals surface area contributed by atoms with Gasteiger partial charge in [-0.1, -0.05) is 0 Å². The molecule has 0 bridgehead atoms. The van der Waals surface area contributed by atoms with Crippen molar-refractivity contribution in [1.82, 2.24) is 9.97 Å². The molecule has 0 saturated carbocycles. The van der Waals surface area contributed by atoms with Crippen LogP contribution in [-0.4, -0.2) is 32.2 Å². The highest BCUT2D eigenvalue weighted by atomic mass is 16.4. The lowest BCUT2D eigenvalue weighted by molar-refractivity contribution is -0.141. The predicted octanol–water partition coefficient (Wildman–Crippen LogP) is 0.00820. The maximum atomic E-state index is 10.7. The fourth-order valence-corrected chi connectivity index (χ4v) is 1.55. The molecule has 2 aromatic rings. The maximum absolute atomic E-state index is 10.7. The Labute approximate surface area is 90.7 Å². The Hall–Kier alpha value is -1.92. The van der Waals surface area contributed by atoms with E-state index in [1.54, 1.807) is 18.3 Å². The average molecular weight is 221 g/mol. The van der Waals surface area contributed by atoms with Crippen molar-refractivity contribution >= 4 is 17.0 Å². The van der Waals surface area contributed by atoms with E-state index in [4.69, 9.17) is 10.8 Å². The molecule has 0 aliphatic rings. The first-order valence-electron chi connectivity index (χ1n) is 4.69. The highest BCUT2D eigenvalue weighted by Crippen LogP contribution is 2.24. The molecule has 5 N–H and O–H groups in total. The summed E-state index contributed by atoms with van der Waals surface area (Å²) in [5.74, 6) is -1.24. The number of aromatic nitrogens is 2. The summed E-state index contributed by atoms with van der Waals surface area (Å²) in [6.45, 7) is 0. The van der Waals surface area contributed by atoms with E-state index in [2.05, 4.69) is 9.97 Å². The topological polar surface area (TPSA) is 112 Å². The minimum atomic E-state index is -1.35. The van der Waals surface area contributed by atoms with Crippen LogP contribution in [0.3, 0.4) is 0 Å². The molecule has 6 heteroatoms. The van der Waals surface area contributed by atoms with Crippen molar-refractivity contribution in [2.24, 2.45) is 5.73 Å². The number of nitrogens with zero attached hydrogens (tertiary/aromatic N) is 1. The van der Waals surface area contributed by atoms with Crippen LogP contribution in [0.4, 0.5) is 0 Å². The Kier molecular flexibility index (Phi) is 2.59. The second-order valence-electron chi connectivity index (χ2n) is 3.45. The summed E-state index contributed by atoms with van der Waals surface area (Å²) >= 11 is 0. The Bertz CT molecular complexity index is 523. The van der Waals surface area contributed by atoms with Crippen molar-refractivity contribution < 1.29 is 15.0 Å². The van der Waals surface area contributed by atoms with E-state index in [1.165, 1.54) is 6.20 Å². The van der Waals surface area contributed by atoms with Gasteiger partial charge in [0, 0.05) is 23.3 Å². The van der Waals surface area contributed by atoms with Gasteiger partial charge in [-0.25, -0.2) is 4.98 Å². The molecule has 0 fully saturated rings. The normalized spacial score (nSPS) is 14.9. The van der Waals surface area contributed by atoms with Gasteiger partial charge < -0.3 is 20.9 Å². The van der Waals surface area contributed by atoms with E-state index in [-0.39, 0.29) is 0 Å². The van der Waals surface area contributed by atoms with Gasteiger partial charge in [-0.2, -0.15) is 0 Å². The number of aliphatic hydroxyl groups is 1. The third-order valence-corrected chi connectivity index (χ3v) is 2.43. The molecule has 0 aliphatic carbocycles. The predicted molar refractivity (Wildman–Crippen MR) is 56.7 cm³/mol. The van der Waals surface area contributed by atoms with Crippen molar-refractivity contribution in [3.63, 3.8) is 0 Å². The summed E-state index contributed by atoms with van der Waals surface area (Å²) in [5, 5.41) is 19.2. The van der Waals surface area contributed by atoms with Crippen LogP contribution in [0.1, 0.15) is 11.7 Å². The summed E-state index contributed by atoms with van der Waals surface area (Å²) in [5.41, 5.74) is 6.39. The van der Waals surface area contributed by atoms with Crippen LogP contribution in [0.2, 0.25) is 0 Å². The first-order chi connectivity index (χ1) is 7.61. The van der Waals surface area contributed by atoms with Crippen molar-refractivity contribution in [2.45, 2.75) is 12.1 Å². The zero-order chi connectivity index (χ0) is 11.7. The number of carboxylic acids is 1. The van der Waals surface area contributed by atoms with Gasteiger partial charge in [0.15, 0.2) is 0 Å². The molecule has 0 aliphatic heterocycles. The SMILES string of the molecule is NC(C(=O)O)C(O)c1c[nH]c2ncccc12. The quantitative estimate of drug-likeness (QED) is 0.583. The van der Waals surface area contributed by atoms with Crippen LogP contribution in [0, 0.1) is 0 Å². The fraction of sp³-hybridized carbons (Fsp3) is 0.200. The number of nitrogens with one attached hydrogen (secondary N) is 1. The van der Waals surface area contributed by atoms with Crippen molar-refractivity contribution in [2.75, 3.05) is 0 Å². The number of fused-ring (bicyclic) bond motifs is 1. The number of carbonyl (C=O) groups is 1. The van der Waals surface area contributed by atoms with Crippen molar-refractivity contribution in [1.29, 1.82) is 0 Å². The van der Waals surface area contributed by atoms with Crippen LogP contribution in [0.15, 0.2) is 24.5 Å². The number of aromatic amines is 1. The Morgan fingerprint density at radius 2 is 2.31 bits per heavy atom. The summed E-state index contributed by atoms with van der Waals surface area (Å²) in [6, 6.07) is 2.10. The molecule has 16 heavy (non-hydrogen) atoms. The smallest absolute Gasteiger partial charge is 0.323 e. The summed E-state index contributed by atoms with van der Waals surface area (Å²) in [4.78, 5) is 17.5. The van der Waals surface area contributed by atoms with E-state index < -0.39 is 18.1 Å². The molecule has 0 radical (unpaired) electrons. The third-order valence-electron chi connectivity index (χ3n) is 2.43. The van der Waals surface area contributed by atoms with Crippen LogP contribution < -0.4 is 5.73 Å². The highest BCUT2D eigenvalue weighted by molar-refractivity contribution is 5.82. The zero-order valence-electron chi connectivity index (χ0n) is 8.29. The fourth-order valence-electron chi connectivity index (χ4n) is 1.55. The number of carboxylic acid groups (broad SMARTS) is 1. The molecule has 2 heterocycles. The molecule has 2 atom stereocenters. The van der Waals surface area contributed by atoms with Gasteiger partial charge in [0.2, 0.25) is 0 Å². The van der Waals surface area contributed by atoms with Gasteiger partial charge in [0.25, 0.3) is 0 Å². The zero-order valence-corrected chi connectivity index (χ0v) is 8.29. The van der Waals surface area contributed by atoms with E-state index in [9.17, 15) is 9.90 Å². The number of aliphatic hydroxyl groups excluding tert-OH is 1. The highest BCUT2D eigenvalue weighted by Gasteiger charge is 2.25. The summed E-state index contributed by atoms with van der Waals surface area (Å²) in [6.07, 6.45) is 1.87. The van der Waals surface area contributed by atoms with Gasteiger partial charge in [-0.15, -0.1) is 0 Å². The molecular formula is C10H11N3O3. The minimum Gasteiger partial charge on any atom is -0.480 e. The molecular weight excluding hydrogens is 210 g/mol. The lowest BCUT2D eigenvalue weighted by atomic mass is 10.0. The molecule has 0 amide bonds. The van der Waals surface area contributed by atoms with Gasteiger partial charge >= 0.3 is 5.97 Å². The lowest BCUT2D eigenvalue weighted by Crippen LogP contribution is -2.36. The first-order valence-corrected chi connectivity index (χ1v) is 4.69. The molecule has 2 aromatic heterocycles. The van der Waals surface area contributed by atoms with Crippen LogP contribution in [-0.2, 0) is 4.79 Å². The van der Waals surface area contributed by atoms with E-state index in [0.29, 0.717) is 16.6 Å². The van der Waals surface area contributed by atoms with Gasteiger partial charge in [0.1, 0.15) is 17.8 Å². The average Bonchev–Trinajstić information content (AvgIpc) is 2.70. The van der Waals surface area contributed by atoms with Crippen LogP contribution >= 0.6 is 0 Å². The summed E-state index contributed by atoms with van der Waals surface area (Å²) in [7, 11) is 0. The van der Waals surface area contributed by atoms with Gasteiger partial charge in [0.05, 0.1) is 0 Å². The molecule has 84 valence electrons. The Balaban J connectivity index is 2.44. The molecule has 0 saturated heterocycles. The number of hydrogen-bond acceptors (Lipinski definition) is 4. The van der Waals surface area contributed by atoms with Crippen molar-refractivity contribution in [3.8, 4) is 0 Å². The first kappa shape index (κ1) is 10.6. The maximum Gasteiger partial charge on any atom is 0.323 e. The third kappa shape index (κ3) is 1.64. The van der Waals surface area contributed by atoms with E-state index in [1.807, 2.05) is 0 Å². The number of hydrogen-bond donors (Lipinski definition) is 4.